The van der Waals surface area contributed by atoms with Crippen molar-refractivity contribution >= 4 is 17.5 Å². The number of thioether (sulfide) groups is 1. The molecule has 5 heteroatoms. The van der Waals surface area contributed by atoms with E-state index in [1.807, 2.05) is 18.7 Å². The zero-order valence-corrected chi connectivity index (χ0v) is 27.1. The van der Waals surface area contributed by atoms with Gasteiger partial charge in [-0.25, -0.2) is 0 Å². The van der Waals surface area contributed by atoms with Crippen molar-refractivity contribution in [2.75, 3.05) is 26.3 Å². The topological polar surface area (TPSA) is 55.8 Å². The third-order valence-electron chi connectivity index (χ3n) is 8.41. The van der Waals surface area contributed by atoms with Crippen LogP contribution in [0.1, 0.15) is 112 Å². The molecule has 2 rings (SSSR count). The van der Waals surface area contributed by atoms with E-state index in [-0.39, 0.29) is 18.5 Å². The van der Waals surface area contributed by atoms with Gasteiger partial charge in [-0.3, -0.25) is 4.79 Å². The number of aliphatic hydroxyl groups is 1. The highest BCUT2D eigenvalue weighted by molar-refractivity contribution is 7.99. The molecule has 226 valence electrons. The number of hydrogen-bond donors (Lipinski definition) is 1. The monoisotopic (exact) mass is 564 g/mol. The fourth-order valence-corrected chi connectivity index (χ4v) is 5.96. The molecule has 0 aromatic heterocycles. The molecule has 0 aromatic rings. The Balaban J connectivity index is 0.00000113. The predicted octanol–water partition coefficient (Wildman–Crippen LogP) is 8.94. The van der Waals surface area contributed by atoms with Crippen LogP contribution in [-0.2, 0) is 14.3 Å². The minimum Gasteiger partial charge on any atom is -0.396 e. The van der Waals surface area contributed by atoms with Gasteiger partial charge in [0.25, 0.3) is 0 Å². The van der Waals surface area contributed by atoms with Crippen molar-refractivity contribution in [2.24, 2.45) is 23.7 Å². The number of methoxy groups -OCH3 is 1. The van der Waals surface area contributed by atoms with Crippen molar-refractivity contribution in [3.8, 4) is 0 Å². The Morgan fingerprint density at radius 3 is 2.31 bits per heavy atom. The van der Waals surface area contributed by atoms with Gasteiger partial charge in [0.2, 0.25) is 0 Å². The van der Waals surface area contributed by atoms with Crippen molar-refractivity contribution in [1.82, 2.24) is 0 Å². The zero-order chi connectivity index (χ0) is 29.3. The molecule has 0 bridgehead atoms. The van der Waals surface area contributed by atoms with Gasteiger partial charge in [0.1, 0.15) is 12.4 Å². The summed E-state index contributed by atoms with van der Waals surface area (Å²) >= 11 is 1.99. The van der Waals surface area contributed by atoms with Crippen LogP contribution in [-0.4, -0.2) is 48.0 Å². The molecule has 2 saturated carbocycles. The van der Waals surface area contributed by atoms with Gasteiger partial charge in [-0.1, -0.05) is 104 Å². The van der Waals surface area contributed by atoms with Gasteiger partial charge in [-0.05, 0) is 61.7 Å². The Morgan fingerprint density at radius 1 is 1.15 bits per heavy atom. The third kappa shape index (κ3) is 14.5. The van der Waals surface area contributed by atoms with Crippen molar-refractivity contribution in [3.63, 3.8) is 0 Å². The molecular formula is C34H60O4S. The summed E-state index contributed by atoms with van der Waals surface area (Å²) in [7, 11) is 1.62. The molecule has 2 aliphatic rings. The zero-order valence-electron chi connectivity index (χ0n) is 26.3. The van der Waals surface area contributed by atoms with Crippen LogP contribution in [0.4, 0.5) is 0 Å². The van der Waals surface area contributed by atoms with Crippen LogP contribution < -0.4 is 0 Å². The summed E-state index contributed by atoms with van der Waals surface area (Å²) in [5.41, 5.74) is 1.40. The fourth-order valence-electron chi connectivity index (χ4n) is 4.47. The summed E-state index contributed by atoms with van der Waals surface area (Å²) in [5, 5.41) is 9.08. The average molecular weight is 565 g/mol. The fraction of sp³-hybridized carbons (Fsp3) is 0.794. The Bertz CT molecular complexity index is 748. The number of hydrogen-bond acceptors (Lipinski definition) is 5. The van der Waals surface area contributed by atoms with E-state index in [1.165, 1.54) is 50.5 Å². The number of carbonyl (C=O) groups excluding carboxylic acids is 1. The van der Waals surface area contributed by atoms with E-state index in [1.54, 1.807) is 14.0 Å². The molecular weight excluding hydrogens is 504 g/mol. The molecule has 2 fully saturated rings. The number of allylic oxidation sites excluding steroid dienone is 4. The van der Waals surface area contributed by atoms with Gasteiger partial charge >= 0.3 is 0 Å². The molecule has 0 heterocycles. The molecule has 0 amide bonds. The molecule has 1 N–H and O–H groups in total. The molecule has 0 aromatic carbocycles. The smallest absolute Gasteiger partial charge is 0.162 e. The lowest BCUT2D eigenvalue weighted by Gasteiger charge is -2.38. The van der Waals surface area contributed by atoms with Gasteiger partial charge in [-0.2, -0.15) is 11.8 Å². The maximum absolute atomic E-state index is 13.0. The lowest BCUT2D eigenvalue weighted by atomic mass is 9.80. The van der Waals surface area contributed by atoms with Crippen LogP contribution in [0, 0.1) is 23.7 Å². The number of ether oxygens (including phenoxy) is 2. The third-order valence-corrected chi connectivity index (χ3v) is 10.0. The van der Waals surface area contributed by atoms with E-state index in [4.69, 9.17) is 14.6 Å². The molecule has 2 aliphatic carbocycles. The highest BCUT2D eigenvalue weighted by atomic mass is 32.2. The minimum absolute atomic E-state index is 0.0706. The maximum Gasteiger partial charge on any atom is 0.162 e. The van der Waals surface area contributed by atoms with Crippen LogP contribution >= 0.6 is 11.8 Å². The summed E-state index contributed by atoms with van der Waals surface area (Å²) in [5.74, 6) is 3.10. The Morgan fingerprint density at radius 2 is 1.85 bits per heavy atom. The summed E-state index contributed by atoms with van der Waals surface area (Å²) in [6.45, 7) is 17.2. The number of carbonyl (C=O) groups is 1. The summed E-state index contributed by atoms with van der Waals surface area (Å²) in [4.78, 5) is 13.0. The molecule has 0 saturated heterocycles. The molecule has 39 heavy (non-hydrogen) atoms. The molecule has 0 radical (unpaired) electrons. The van der Waals surface area contributed by atoms with Crippen molar-refractivity contribution < 1.29 is 19.4 Å². The van der Waals surface area contributed by atoms with Crippen LogP contribution in [0.15, 0.2) is 36.0 Å². The number of ketones is 1. The van der Waals surface area contributed by atoms with Gasteiger partial charge in [0.05, 0.1) is 0 Å². The predicted molar refractivity (Wildman–Crippen MR) is 169 cm³/mol. The Labute approximate surface area is 245 Å². The Kier molecular flexibility index (Phi) is 18.6. The van der Waals surface area contributed by atoms with E-state index >= 15 is 0 Å². The lowest BCUT2D eigenvalue weighted by molar-refractivity contribution is -0.170. The first kappa shape index (κ1) is 36.1. The quantitative estimate of drug-likeness (QED) is 0.118. The number of Topliss-reactive ketones (excluding diaryl/α,β-unsaturated/α-hetero) is 1. The van der Waals surface area contributed by atoms with E-state index < -0.39 is 5.60 Å². The largest absolute Gasteiger partial charge is 0.396 e. The highest BCUT2D eigenvalue weighted by Gasteiger charge is 2.43. The summed E-state index contributed by atoms with van der Waals surface area (Å²) in [6.07, 6.45) is 19.9. The van der Waals surface area contributed by atoms with Gasteiger partial charge in [-0.15, -0.1) is 0 Å². The lowest BCUT2D eigenvalue weighted by Crippen LogP contribution is -2.48. The number of rotatable bonds is 20. The molecule has 0 spiro atoms. The first-order valence-corrected chi connectivity index (χ1v) is 16.6. The van der Waals surface area contributed by atoms with E-state index in [9.17, 15) is 4.79 Å². The average Bonchev–Trinajstić information content (AvgIpc) is 3.72. The Hall–Kier alpha value is -0.880. The van der Waals surface area contributed by atoms with Crippen LogP contribution in [0.5, 0.6) is 0 Å². The second-order valence-electron chi connectivity index (χ2n) is 12.1. The van der Waals surface area contributed by atoms with Crippen LogP contribution in [0.25, 0.3) is 0 Å². The van der Waals surface area contributed by atoms with Gasteiger partial charge in [0, 0.05) is 31.3 Å². The maximum atomic E-state index is 13.0. The van der Waals surface area contributed by atoms with Gasteiger partial charge in [0.15, 0.2) is 5.78 Å². The SMILES string of the molecule is C=C(/C=C(\C=C/C(C)CC)CCCC1CC1)CC(OCOC)(C(C)=O)C(C)CSC1CCC1.CCC(C)CO. The van der Waals surface area contributed by atoms with Crippen molar-refractivity contribution in [1.29, 1.82) is 0 Å². The molecule has 4 nitrogen and oxygen atoms in total. The molecule has 0 aliphatic heterocycles. The van der Waals surface area contributed by atoms with Crippen molar-refractivity contribution in [3.05, 3.63) is 36.0 Å². The minimum atomic E-state index is -0.889. The molecule has 4 atom stereocenters. The van der Waals surface area contributed by atoms with E-state index in [0.717, 1.165) is 41.8 Å². The second kappa shape index (κ2) is 20.1. The number of aliphatic hydroxyl groups excluding tert-OH is 1. The summed E-state index contributed by atoms with van der Waals surface area (Å²) in [6, 6.07) is 0. The van der Waals surface area contributed by atoms with E-state index in [0.29, 0.717) is 24.9 Å². The highest BCUT2D eigenvalue weighted by Crippen LogP contribution is 2.38. The first-order valence-electron chi connectivity index (χ1n) is 15.5. The van der Waals surface area contributed by atoms with Crippen molar-refractivity contribution in [2.45, 2.75) is 123 Å². The normalized spacial score (nSPS) is 19.9. The molecule has 4 unspecified atom stereocenters. The second-order valence-corrected chi connectivity index (χ2v) is 13.4. The standard InChI is InChI=1S/C29H48O3S.C5H12O/c1-7-22(2)14-15-27(11-8-10-26-16-17-26)18-23(3)19-29(25(5)30,32-21-31-6)24(4)20-33-28-12-9-13-28;1-3-5(2)4-6/h14-15,18,22,24,26,28H,3,7-13,16-17,19-21H2,1-2,4-6H3;5-6H,3-4H2,1-2H3/b15-14-,27-18-;. The van der Waals surface area contributed by atoms with Crippen LogP contribution in [0.3, 0.4) is 0 Å². The van der Waals surface area contributed by atoms with E-state index in [2.05, 4.69) is 52.5 Å². The summed E-state index contributed by atoms with van der Waals surface area (Å²) < 4.78 is 11.4. The van der Waals surface area contributed by atoms with Gasteiger partial charge < -0.3 is 14.6 Å². The van der Waals surface area contributed by atoms with Crippen LogP contribution in [0.2, 0.25) is 0 Å². The first-order chi connectivity index (χ1) is 18.6.